The molecule has 1 saturated carbocycles. The van der Waals surface area contributed by atoms with Gasteiger partial charge in [-0.3, -0.25) is 4.79 Å². The van der Waals surface area contributed by atoms with Gasteiger partial charge in [-0.25, -0.2) is 4.79 Å². The first kappa shape index (κ1) is 20.1. The quantitative estimate of drug-likeness (QED) is 0.809. The molecule has 0 unspecified atom stereocenters. The molecule has 1 N–H and O–H groups in total. The molecule has 0 bridgehead atoms. The number of urea groups is 1. The molecule has 1 aliphatic carbocycles. The number of fused-ring (bicyclic) bond motifs is 1. The van der Waals surface area contributed by atoms with E-state index in [1.54, 1.807) is 4.90 Å². The van der Waals surface area contributed by atoms with Crippen LogP contribution < -0.4 is 5.32 Å². The Hall–Kier alpha value is -2.82. The minimum Gasteiger partial charge on any atom is -0.335 e. The van der Waals surface area contributed by atoms with E-state index in [2.05, 4.69) is 60.8 Å². The molecule has 0 aromatic heterocycles. The van der Waals surface area contributed by atoms with Gasteiger partial charge >= 0.3 is 6.03 Å². The number of piperazine rings is 1. The van der Waals surface area contributed by atoms with Gasteiger partial charge in [0.25, 0.3) is 0 Å². The Morgan fingerprint density at radius 3 is 2.48 bits per heavy atom. The summed E-state index contributed by atoms with van der Waals surface area (Å²) in [4.78, 5) is 29.1. The number of hydrogen-bond acceptors (Lipinski definition) is 2. The highest BCUT2D eigenvalue weighted by atomic mass is 16.2. The zero-order valence-corrected chi connectivity index (χ0v) is 18.2. The SMILES string of the molecule is Cc1cccc(-c2ccc([C@@H]3CN4C(=O)CN(C(=O)NC5CCCCC5)C[C@@H]34)cc2)c1. The summed E-state index contributed by atoms with van der Waals surface area (Å²) in [5, 5.41) is 3.17. The molecule has 2 aliphatic heterocycles. The normalized spacial score (nSPS) is 23.8. The molecule has 3 amide bonds. The Kier molecular flexibility index (Phi) is 5.43. The molecule has 5 heteroatoms. The van der Waals surface area contributed by atoms with Crippen LogP contribution in [0.3, 0.4) is 0 Å². The van der Waals surface area contributed by atoms with Gasteiger partial charge in [0.05, 0.1) is 6.04 Å². The van der Waals surface area contributed by atoms with E-state index in [0.717, 1.165) is 19.4 Å². The van der Waals surface area contributed by atoms with E-state index in [0.29, 0.717) is 12.5 Å². The number of carbonyl (C=O) groups is 2. The summed E-state index contributed by atoms with van der Waals surface area (Å²) in [6, 6.07) is 17.5. The minimum absolute atomic E-state index is 0.0691. The van der Waals surface area contributed by atoms with E-state index in [-0.39, 0.29) is 30.6 Å². The fraction of sp³-hybridized carbons (Fsp3) is 0.462. The molecule has 3 fully saturated rings. The Bertz CT molecular complexity index is 965. The molecule has 5 nitrogen and oxygen atoms in total. The molecule has 3 aliphatic rings. The summed E-state index contributed by atoms with van der Waals surface area (Å²) in [5.41, 5.74) is 4.93. The summed E-state index contributed by atoms with van der Waals surface area (Å²) in [6.45, 7) is 3.69. The van der Waals surface area contributed by atoms with Crippen molar-refractivity contribution in [3.05, 3.63) is 59.7 Å². The first-order chi connectivity index (χ1) is 15.1. The molecule has 2 saturated heterocycles. The van der Waals surface area contributed by atoms with Gasteiger partial charge in [-0.05, 0) is 36.5 Å². The van der Waals surface area contributed by atoms with Gasteiger partial charge in [0.15, 0.2) is 0 Å². The Labute approximate surface area is 184 Å². The molecule has 2 heterocycles. The fourth-order valence-corrected chi connectivity index (χ4v) is 5.35. The maximum absolute atomic E-state index is 12.8. The van der Waals surface area contributed by atoms with Gasteiger partial charge in [-0.1, -0.05) is 73.4 Å². The van der Waals surface area contributed by atoms with E-state index in [9.17, 15) is 9.59 Å². The van der Waals surface area contributed by atoms with Crippen LogP contribution in [0, 0.1) is 6.92 Å². The third-order valence-corrected chi connectivity index (χ3v) is 7.22. The lowest BCUT2D eigenvalue weighted by Crippen LogP contribution is -2.68. The highest BCUT2D eigenvalue weighted by Crippen LogP contribution is 2.37. The second-order valence-electron chi connectivity index (χ2n) is 9.38. The van der Waals surface area contributed by atoms with Gasteiger partial charge in [0.1, 0.15) is 6.54 Å². The van der Waals surface area contributed by atoms with E-state index >= 15 is 0 Å². The number of hydrogen-bond donors (Lipinski definition) is 1. The van der Waals surface area contributed by atoms with Crippen molar-refractivity contribution in [2.45, 2.75) is 57.0 Å². The zero-order chi connectivity index (χ0) is 21.4. The number of carbonyl (C=O) groups excluding carboxylic acids is 2. The molecular weight excluding hydrogens is 386 g/mol. The monoisotopic (exact) mass is 417 g/mol. The third kappa shape index (κ3) is 4.06. The van der Waals surface area contributed by atoms with Crippen LogP contribution in [0.25, 0.3) is 11.1 Å². The van der Waals surface area contributed by atoms with Gasteiger partial charge in [-0.2, -0.15) is 0 Å². The smallest absolute Gasteiger partial charge is 0.318 e. The minimum atomic E-state index is -0.0691. The van der Waals surface area contributed by atoms with Crippen molar-refractivity contribution in [3.8, 4) is 11.1 Å². The average Bonchev–Trinajstić information content (AvgIpc) is 2.76. The van der Waals surface area contributed by atoms with Crippen LogP contribution in [0.1, 0.15) is 49.1 Å². The van der Waals surface area contributed by atoms with Crippen LogP contribution in [0.15, 0.2) is 48.5 Å². The van der Waals surface area contributed by atoms with E-state index in [4.69, 9.17) is 0 Å². The van der Waals surface area contributed by atoms with E-state index in [1.807, 2.05) is 4.90 Å². The van der Waals surface area contributed by atoms with Crippen LogP contribution in [-0.4, -0.2) is 53.5 Å². The predicted octanol–water partition coefficient (Wildman–Crippen LogP) is 4.31. The van der Waals surface area contributed by atoms with Gasteiger partial charge < -0.3 is 15.1 Å². The van der Waals surface area contributed by atoms with Gasteiger partial charge in [0, 0.05) is 25.0 Å². The van der Waals surface area contributed by atoms with Crippen molar-refractivity contribution < 1.29 is 9.59 Å². The highest BCUT2D eigenvalue weighted by Gasteiger charge is 2.47. The molecule has 31 heavy (non-hydrogen) atoms. The van der Waals surface area contributed by atoms with Crippen molar-refractivity contribution in [1.82, 2.24) is 15.1 Å². The van der Waals surface area contributed by atoms with Crippen LogP contribution in [0.2, 0.25) is 0 Å². The largest absolute Gasteiger partial charge is 0.335 e. The van der Waals surface area contributed by atoms with Crippen molar-refractivity contribution in [2.24, 2.45) is 0 Å². The van der Waals surface area contributed by atoms with Crippen molar-refractivity contribution in [2.75, 3.05) is 19.6 Å². The zero-order valence-electron chi connectivity index (χ0n) is 18.2. The summed E-state index contributed by atoms with van der Waals surface area (Å²) in [6.07, 6.45) is 5.73. The topological polar surface area (TPSA) is 52.7 Å². The second kappa shape index (κ2) is 8.37. The fourth-order valence-electron chi connectivity index (χ4n) is 5.35. The highest BCUT2D eigenvalue weighted by molar-refractivity contribution is 5.86. The lowest BCUT2D eigenvalue weighted by atomic mass is 9.80. The Morgan fingerprint density at radius 1 is 0.968 bits per heavy atom. The summed E-state index contributed by atoms with van der Waals surface area (Å²) in [5.74, 6) is 0.364. The van der Waals surface area contributed by atoms with Crippen molar-refractivity contribution in [1.29, 1.82) is 0 Å². The molecule has 2 aromatic carbocycles. The molecular formula is C26H31N3O2. The van der Waals surface area contributed by atoms with Crippen LogP contribution in [0.4, 0.5) is 4.79 Å². The molecule has 2 aromatic rings. The first-order valence-corrected chi connectivity index (χ1v) is 11.6. The number of aryl methyl sites for hydroxylation is 1. The standard InChI is InChI=1S/C26H31N3O2/c1-18-6-5-7-21(14-18)19-10-12-20(13-11-19)23-15-29-24(23)16-28(17-25(29)30)26(31)27-22-8-3-2-4-9-22/h5-7,10-14,22-24H,2-4,8-9,15-17H2,1H3,(H,27,31)/t23-,24-/m0/s1. The van der Waals surface area contributed by atoms with E-state index in [1.165, 1.54) is 41.5 Å². The van der Waals surface area contributed by atoms with Gasteiger partial charge in [0.2, 0.25) is 5.91 Å². The van der Waals surface area contributed by atoms with Crippen molar-refractivity contribution >= 4 is 11.9 Å². The van der Waals surface area contributed by atoms with E-state index < -0.39 is 0 Å². The Balaban J connectivity index is 1.26. The molecule has 5 rings (SSSR count). The predicted molar refractivity (Wildman–Crippen MR) is 122 cm³/mol. The summed E-state index contributed by atoms with van der Waals surface area (Å²) < 4.78 is 0. The number of rotatable bonds is 3. The number of amides is 3. The lowest BCUT2D eigenvalue weighted by Gasteiger charge is -2.53. The van der Waals surface area contributed by atoms with Gasteiger partial charge in [-0.15, -0.1) is 0 Å². The summed E-state index contributed by atoms with van der Waals surface area (Å²) in [7, 11) is 0. The average molecular weight is 418 g/mol. The molecule has 0 radical (unpaired) electrons. The first-order valence-electron chi connectivity index (χ1n) is 11.6. The molecule has 2 atom stereocenters. The van der Waals surface area contributed by atoms with Crippen LogP contribution in [0.5, 0.6) is 0 Å². The van der Waals surface area contributed by atoms with Crippen molar-refractivity contribution in [3.63, 3.8) is 0 Å². The third-order valence-electron chi connectivity index (χ3n) is 7.22. The molecule has 0 spiro atoms. The number of benzene rings is 2. The number of nitrogens with one attached hydrogen (secondary N) is 1. The number of nitrogens with zero attached hydrogens (tertiary/aromatic N) is 2. The lowest BCUT2D eigenvalue weighted by molar-refractivity contribution is -0.147. The molecule has 162 valence electrons. The maximum atomic E-state index is 12.8. The second-order valence-corrected chi connectivity index (χ2v) is 9.38. The maximum Gasteiger partial charge on any atom is 0.318 e. The Morgan fingerprint density at radius 2 is 1.74 bits per heavy atom. The van der Waals surface area contributed by atoms with Crippen LogP contribution >= 0.6 is 0 Å². The summed E-state index contributed by atoms with van der Waals surface area (Å²) >= 11 is 0. The van der Waals surface area contributed by atoms with Crippen LogP contribution in [-0.2, 0) is 4.79 Å².